The first kappa shape index (κ1) is 16.1. The highest BCUT2D eigenvalue weighted by Gasteiger charge is 2.43. The molecule has 2 aliphatic rings. The molecular weight excluding hydrogens is 331 g/mol. The summed E-state index contributed by atoms with van der Waals surface area (Å²) in [6.45, 7) is 0. The predicted octanol–water partition coefficient (Wildman–Crippen LogP) is 4.36. The lowest BCUT2D eigenvalue weighted by molar-refractivity contribution is 0.120. The summed E-state index contributed by atoms with van der Waals surface area (Å²) in [4.78, 5) is 4.01. The molecule has 1 aliphatic carbocycles. The number of ether oxygens (including phenoxy) is 1. The fourth-order valence-electron chi connectivity index (χ4n) is 2.34. The molecule has 1 aromatic carbocycles. The minimum absolute atomic E-state index is 0.118. The Morgan fingerprint density at radius 2 is 1.96 bits per heavy atom. The van der Waals surface area contributed by atoms with E-state index in [-0.39, 0.29) is 24.9 Å². The molecule has 23 heavy (non-hydrogen) atoms. The molecule has 2 unspecified atom stereocenters. The van der Waals surface area contributed by atoms with Gasteiger partial charge in [-0.05, 0) is 11.6 Å². The molecule has 0 saturated heterocycles. The van der Waals surface area contributed by atoms with Crippen molar-refractivity contribution in [1.82, 2.24) is 14.8 Å². The van der Waals surface area contributed by atoms with E-state index in [0.717, 1.165) is 5.56 Å². The molecule has 1 saturated carbocycles. The average Bonchev–Trinajstić information content (AvgIpc) is 2.96. The molecular formula is C15H15ClF3N3O. The van der Waals surface area contributed by atoms with Crippen LogP contribution in [-0.2, 0) is 0 Å². The van der Waals surface area contributed by atoms with Crippen LogP contribution < -0.4 is 4.74 Å². The lowest BCUT2D eigenvalue weighted by Crippen LogP contribution is -2.08. The van der Waals surface area contributed by atoms with Crippen molar-refractivity contribution in [3.63, 3.8) is 0 Å². The SMILES string of the molecule is COc1nc2n(n1)C(c1ccccc1Cl)CC2F.FC1(F)CC1. The molecule has 0 spiro atoms. The maximum atomic E-state index is 13.9. The first-order valence-corrected chi connectivity index (χ1v) is 7.56. The fraction of sp³-hybridized carbons (Fsp3) is 0.467. The smallest absolute Gasteiger partial charge is 0.335 e. The number of methoxy groups -OCH3 is 1. The van der Waals surface area contributed by atoms with Crippen LogP contribution in [0.2, 0.25) is 5.02 Å². The van der Waals surface area contributed by atoms with Gasteiger partial charge in [0.25, 0.3) is 0 Å². The number of benzene rings is 1. The van der Waals surface area contributed by atoms with Gasteiger partial charge in [0.1, 0.15) is 0 Å². The van der Waals surface area contributed by atoms with Crippen molar-refractivity contribution in [2.24, 2.45) is 0 Å². The molecule has 0 radical (unpaired) electrons. The quantitative estimate of drug-likeness (QED) is 0.812. The Bertz CT molecular complexity index is 701. The monoisotopic (exact) mass is 345 g/mol. The zero-order valence-electron chi connectivity index (χ0n) is 12.3. The molecule has 4 rings (SSSR count). The second-order valence-electron chi connectivity index (χ2n) is 5.50. The molecule has 2 heterocycles. The molecule has 2 atom stereocenters. The van der Waals surface area contributed by atoms with Crippen molar-refractivity contribution in [3.8, 4) is 6.01 Å². The molecule has 0 N–H and O–H groups in total. The molecule has 1 aliphatic heterocycles. The Morgan fingerprint density at radius 3 is 2.52 bits per heavy atom. The van der Waals surface area contributed by atoms with Crippen LogP contribution in [0.4, 0.5) is 13.2 Å². The van der Waals surface area contributed by atoms with Crippen molar-refractivity contribution in [2.45, 2.75) is 37.4 Å². The predicted molar refractivity (Wildman–Crippen MR) is 78.8 cm³/mol. The lowest BCUT2D eigenvalue weighted by Gasteiger charge is -2.13. The number of rotatable bonds is 2. The van der Waals surface area contributed by atoms with Gasteiger partial charge in [-0.2, -0.15) is 4.98 Å². The van der Waals surface area contributed by atoms with Crippen molar-refractivity contribution in [3.05, 3.63) is 40.7 Å². The largest absolute Gasteiger partial charge is 0.466 e. The molecule has 8 heteroatoms. The van der Waals surface area contributed by atoms with E-state index in [1.807, 2.05) is 18.2 Å². The Morgan fingerprint density at radius 1 is 1.30 bits per heavy atom. The number of nitrogens with zero attached hydrogens (tertiary/aromatic N) is 3. The Kier molecular flexibility index (Phi) is 4.23. The van der Waals surface area contributed by atoms with E-state index >= 15 is 0 Å². The van der Waals surface area contributed by atoms with Gasteiger partial charge in [0.05, 0.1) is 13.2 Å². The van der Waals surface area contributed by atoms with Crippen molar-refractivity contribution >= 4 is 11.6 Å². The Hall–Kier alpha value is -1.76. The minimum atomic E-state index is -2.25. The highest BCUT2D eigenvalue weighted by Crippen LogP contribution is 2.42. The molecule has 4 nitrogen and oxygen atoms in total. The second-order valence-corrected chi connectivity index (χ2v) is 5.90. The van der Waals surface area contributed by atoms with E-state index in [1.54, 1.807) is 10.7 Å². The van der Waals surface area contributed by atoms with Gasteiger partial charge in [0.15, 0.2) is 12.0 Å². The number of halogens is 4. The summed E-state index contributed by atoms with van der Waals surface area (Å²) in [6, 6.07) is 7.35. The molecule has 0 bridgehead atoms. The normalized spacial score (nSPS) is 23.7. The topological polar surface area (TPSA) is 39.9 Å². The third-order valence-electron chi connectivity index (χ3n) is 3.72. The number of fused-ring (bicyclic) bond motifs is 1. The zero-order valence-corrected chi connectivity index (χ0v) is 13.1. The number of hydrogen-bond donors (Lipinski definition) is 0. The highest BCUT2D eigenvalue weighted by molar-refractivity contribution is 6.31. The number of alkyl halides is 3. The Balaban J connectivity index is 0.000000267. The second kappa shape index (κ2) is 6.03. The van der Waals surface area contributed by atoms with Gasteiger partial charge in [-0.25, -0.2) is 17.9 Å². The van der Waals surface area contributed by atoms with Crippen LogP contribution in [0.5, 0.6) is 6.01 Å². The minimum Gasteiger partial charge on any atom is -0.466 e. The van der Waals surface area contributed by atoms with Crippen molar-refractivity contribution in [1.29, 1.82) is 0 Å². The van der Waals surface area contributed by atoms with Gasteiger partial charge >= 0.3 is 6.01 Å². The standard InChI is InChI=1S/C12H11ClFN3O.C3H4F2/c1-18-12-15-11-9(14)6-10(17(11)16-12)7-4-2-3-5-8(7)13;4-3(5)1-2-3/h2-5,9-10H,6H2,1H3;1-2H2. The van der Waals surface area contributed by atoms with E-state index in [4.69, 9.17) is 16.3 Å². The first-order valence-electron chi connectivity index (χ1n) is 7.18. The van der Waals surface area contributed by atoms with Gasteiger partial charge < -0.3 is 4.74 Å². The molecule has 124 valence electrons. The molecule has 2 aromatic rings. The lowest BCUT2D eigenvalue weighted by atomic mass is 10.0. The highest BCUT2D eigenvalue weighted by atomic mass is 35.5. The number of hydrogen-bond acceptors (Lipinski definition) is 3. The van der Waals surface area contributed by atoms with Crippen LogP contribution in [0.15, 0.2) is 24.3 Å². The van der Waals surface area contributed by atoms with Crippen molar-refractivity contribution < 1.29 is 17.9 Å². The van der Waals surface area contributed by atoms with E-state index in [1.165, 1.54) is 7.11 Å². The molecule has 0 amide bonds. The van der Waals surface area contributed by atoms with Gasteiger partial charge in [-0.1, -0.05) is 29.8 Å². The summed E-state index contributed by atoms with van der Waals surface area (Å²) < 4.78 is 42.7. The van der Waals surface area contributed by atoms with Crippen LogP contribution in [0.3, 0.4) is 0 Å². The summed E-state index contributed by atoms with van der Waals surface area (Å²) in [5.41, 5.74) is 0.855. The first-order chi connectivity index (χ1) is 10.9. The van der Waals surface area contributed by atoms with Crippen LogP contribution >= 0.6 is 11.6 Å². The summed E-state index contributed by atoms with van der Waals surface area (Å²) in [7, 11) is 1.46. The molecule has 1 fully saturated rings. The zero-order chi connectivity index (χ0) is 16.6. The van der Waals surface area contributed by atoms with E-state index < -0.39 is 12.1 Å². The maximum Gasteiger partial charge on any atom is 0.335 e. The third kappa shape index (κ3) is 3.44. The van der Waals surface area contributed by atoms with E-state index in [2.05, 4.69) is 10.1 Å². The summed E-state index contributed by atoms with van der Waals surface area (Å²) in [5.74, 6) is -1.95. The third-order valence-corrected chi connectivity index (χ3v) is 4.06. The average molecular weight is 346 g/mol. The van der Waals surface area contributed by atoms with Crippen LogP contribution in [0.1, 0.15) is 42.9 Å². The molecule has 1 aromatic heterocycles. The summed E-state index contributed by atoms with van der Waals surface area (Å²) in [5, 5.41) is 4.75. The van der Waals surface area contributed by atoms with Crippen molar-refractivity contribution in [2.75, 3.05) is 7.11 Å². The maximum absolute atomic E-state index is 13.9. The van der Waals surface area contributed by atoms with Gasteiger partial charge in [-0.3, -0.25) is 0 Å². The summed E-state index contributed by atoms with van der Waals surface area (Å²) in [6.07, 6.45) is -0.592. The number of aromatic nitrogens is 3. The van der Waals surface area contributed by atoms with Gasteiger partial charge in [-0.15, -0.1) is 5.10 Å². The Labute approximate surface area is 136 Å². The van der Waals surface area contributed by atoms with E-state index in [9.17, 15) is 13.2 Å². The van der Waals surface area contributed by atoms with Crippen LogP contribution in [0, 0.1) is 0 Å². The fourth-order valence-corrected chi connectivity index (χ4v) is 2.61. The van der Waals surface area contributed by atoms with Crippen LogP contribution in [-0.4, -0.2) is 27.8 Å². The summed E-state index contributed by atoms with van der Waals surface area (Å²) >= 11 is 6.14. The van der Waals surface area contributed by atoms with E-state index in [0.29, 0.717) is 17.3 Å². The van der Waals surface area contributed by atoms with Crippen LogP contribution in [0.25, 0.3) is 0 Å². The van der Waals surface area contributed by atoms with Gasteiger partial charge in [0.2, 0.25) is 5.92 Å². The van der Waals surface area contributed by atoms with Gasteiger partial charge in [0, 0.05) is 24.3 Å².